The third-order valence-electron chi connectivity index (χ3n) is 9.30. The van der Waals surface area contributed by atoms with Crippen molar-refractivity contribution in [2.24, 2.45) is 0 Å². The van der Waals surface area contributed by atoms with E-state index < -0.39 is 82.7 Å². The van der Waals surface area contributed by atoms with Crippen molar-refractivity contribution in [2.75, 3.05) is 39.6 Å². The fourth-order valence-corrected chi connectivity index (χ4v) is 6.71. The van der Waals surface area contributed by atoms with E-state index in [0.717, 1.165) is 0 Å². The minimum atomic E-state index is -2.94. The summed E-state index contributed by atoms with van der Waals surface area (Å²) in [5.74, 6) is -9.35. The Bertz CT molecular complexity index is 1960. The molecule has 60 heavy (non-hydrogen) atoms. The van der Waals surface area contributed by atoms with Gasteiger partial charge in [0.1, 0.15) is 0 Å². The molecule has 4 rings (SSSR count). The molecule has 0 aliphatic rings. The largest absolute Gasteiger partial charge is 0.464 e. The molecule has 0 radical (unpaired) electrons. The van der Waals surface area contributed by atoms with Crippen LogP contribution in [0.1, 0.15) is 85.0 Å². The first-order chi connectivity index (χ1) is 28.9. The summed E-state index contributed by atoms with van der Waals surface area (Å²) in [7, 11) is 0. The zero-order valence-corrected chi connectivity index (χ0v) is 34.3. The van der Waals surface area contributed by atoms with Gasteiger partial charge in [-0.3, -0.25) is 9.59 Å². The molecule has 0 spiro atoms. The monoisotopic (exact) mass is 828 g/mol. The number of carbonyl (C=O) groups excluding carboxylic acids is 8. The molecule has 2 aromatic heterocycles. The highest BCUT2D eigenvalue weighted by atomic mass is 16.6. The minimum Gasteiger partial charge on any atom is -0.464 e. The normalized spacial score (nSPS) is 11.2. The average molecular weight is 829 g/mol. The van der Waals surface area contributed by atoms with E-state index in [1.54, 1.807) is 36.4 Å². The molecular weight excluding hydrogens is 780 g/mol. The molecular formula is C44H48N2O14. The second kappa shape index (κ2) is 20.7. The minimum absolute atomic E-state index is 0.143. The number of esters is 6. The molecule has 0 N–H and O–H groups in total. The number of ketones is 2. The Labute approximate surface area is 346 Å². The van der Waals surface area contributed by atoms with Gasteiger partial charge in [0.25, 0.3) is 10.8 Å². The maximum atomic E-state index is 14.3. The van der Waals surface area contributed by atoms with Gasteiger partial charge in [-0.05, 0) is 65.8 Å². The van der Waals surface area contributed by atoms with Crippen LogP contribution >= 0.6 is 0 Å². The summed E-state index contributed by atoms with van der Waals surface area (Å²) in [6.07, 6.45) is 0. The molecule has 0 unspecified atom stereocenters. The van der Waals surface area contributed by atoms with Gasteiger partial charge in [-0.1, -0.05) is 60.7 Å². The third kappa shape index (κ3) is 8.63. The molecule has 0 fully saturated rings. The molecule has 16 heteroatoms. The Hall–Kier alpha value is -6.84. The topological polar surface area (TPSA) is 202 Å². The van der Waals surface area contributed by atoms with E-state index in [9.17, 15) is 38.4 Å². The fourth-order valence-electron chi connectivity index (χ4n) is 6.71. The molecule has 4 aromatic rings. The van der Waals surface area contributed by atoms with Gasteiger partial charge in [0.2, 0.25) is 11.6 Å². The van der Waals surface area contributed by atoms with Crippen molar-refractivity contribution in [2.45, 2.75) is 65.5 Å². The van der Waals surface area contributed by atoms with Gasteiger partial charge in [-0.15, -0.1) is 0 Å². The van der Waals surface area contributed by atoms with Crippen molar-refractivity contribution in [3.05, 3.63) is 119 Å². The van der Waals surface area contributed by atoms with E-state index in [1.165, 1.54) is 99.2 Å². The van der Waals surface area contributed by atoms with E-state index in [0.29, 0.717) is 0 Å². The summed E-state index contributed by atoms with van der Waals surface area (Å²) < 4.78 is 34.3. The Morgan fingerprint density at radius 3 is 0.867 bits per heavy atom. The van der Waals surface area contributed by atoms with Gasteiger partial charge in [-0.2, -0.15) is 0 Å². The van der Waals surface area contributed by atoms with E-state index >= 15 is 0 Å². The molecule has 0 atom stereocenters. The molecule has 0 bridgehead atoms. The standard InChI is InChI=1S/C44H48N2O14/c1-7-55-37(49)43(38(50)56-8-2,39(51)57-9-3)33-25-23-31(35(47)29-19-15-13-16-20-29)45(33)27-28-46-32(36(48)30-21-17-14-18-22-30)24-26-34(46)44(40(52)58-10-4,41(53)59-11-5)42(54)60-12-6/h13-26H,7-12,27-28H2,1-6H3. The van der Waals surface area contributed by atoms with E-state index in [1.807, 2.05) is 0 Å². The maximum Gasteiger partial charge on any atom is 0.341 e. The summed E-state index contributed by atoms with van der Waals surface area (Å²) in [6, 6.07) is 21.0. The van der Waals surface area contributed by atoms with Crippen LogP contribution in [0.25, 0.3) is 0 Å². The number of hydrogen-bond donors (Lipinski definition) is 0. The first-order valence-electron chi connectivity index (χ1n) is 19.5. The lowest BCUT2D eigenvalue weighted by molar-refractivity contribution is -0.179. The van der Waals surface area contributed by atoms with Gasteiger partial charge in [-0.25, -0.2) is 28.8 Å². The quantitative estimate of drug-likeness (QED) is 0.0498. The van der Waals surface area contributed by atoms with Crippen LogP contribution in [-0.2, 0) is 81.1 Å². The van der Waals surface area contributed by atoms with Crippen molar-refractivity contribution >= 4 is 47.4 Å². The number of hydrogen-bond acceptors (Lipinski definition) is 14. The lowest BCUT2D eigenvalue weighted by Gasteiger charge is -2.30. The lowest BCUT2D eigenvalue weighted by Crippen LogP contribution is -2.55. The van der Waals surface area contributed by atoms with Crippen LogP contribution in [0.2, 0.25) is 0 Å². The molecule has 2 aromatic carbocycles. The Balaban J connectivity index is 2.14. The second-order valence-corrected chi connectivity index (χ2v) is 12.7. The van der Waals surface area contributed by atoms with Gasteiger partial charge in [0.05, 0.1) is 62.4 Å². The molecule has 0 amide bonds. The summed E-state index contributed by atoms with van der Waals surface area (Å²) in [4.78, 5) is 113. The smallest absolute Gasteiger partial charge is 0.341 e. The number of ether oxygens (including phenoxy) is 6. The average Bonchev–Trinajstić information content (AvgIpc) is 3.86. The van der Waals surface area contributed by atoms with E-state index in [2.05, 4.69) is 0 Å². The molecule has 318 valence electrons. The Kier molecular flexibility index (Phi) is 15.8. The zero-order chi connectivity index (χ0) is 44.0. The highest BCUT2D eigenvalue weighted by molar-refractivity contribution is 6.25. The molecule has 16 nitrogen and oxygen atoms in total. The third-order valence-corrected chi connectivity index (χ3v) is 9.30. The summed E-state index contributed by atoms with van der Waals surface area (Å²) in [6.45, 7) is 6.19. The Morgan fingerprint density at radius 1 is 0.383 bits per heavy atom. The number of carbonyl (C=O) groups is 8. The first kappa shape index (κ1) is 45.9. The highest BCUT2D eigenvalue weighted by Crippen LogP contribution is 2.36. The van der Waals surface area contributed by atoms with Gasteiger partial charge in [0.15, 0.2) is 0 Å². The number of nitrogens with zero attached hydrogens (tertiary/aromatic N) is 2. The van der Waals surface area contributed by atoms with E-state index in [-0.39, 0.29) is 62.2 Å². The summed E-state index contributed by atoms with van der Waals surface area (Å²) in [5, 5.41) is 0. The van der Waals surface area contributed by atoms with Crippen molar-refractivity contribution in [3.63, 3.8) is 0 Å². The van der Waals surface area contributed by atoms with Crippen LogP contribution in [-0.4, -0.2) is 96.2 Å². The van der Waals surface area contributed by atoms with Gasteiger partial charge >= 0.3 is 35.8 Å². The van der Waals surface area contributed by atoms with Crippen molar-refractivity contribution in [1.82, 2.24) is 9.13 Å². The summed E-state index contributed by atoms with van der Waals surface area (Å²) >= 11 is 0. The van der Waals surface area contributed by atoms with Crippen LogP contribution in [0.4, 0.5) is 0 Å². The number of rotatable bonds is 21. The molecule has 0 saturated heterocycles. The highest BCUT2D eigenvalue weighted by Gasteiger charge is 2.62. The van der Waals surface area contributed by atoms with Crippen LogP contribution in [0, 0.1) is 0 Å². The van der Waals surface area contributed by atoms with Crippen LogP contribution in [0.15, 0.2) is 84.9 Å². The second-order valence-electron chi connectivity index (χ2n) is 12.7. The van der Waals surface area contributed by atoms with Crippen molar-refractivity contribution < 1.29 is 66.8 Å². The molecule has 0 aliphatic carbocycles. The van der Waals surface area contributed by atoms with Crippen molar-refractivity contribution in [3.8, 4) is 0 Å². The predicted molar refractivity (Wildman–Crippen MR) is 212 cm³/mol. The lowest BCUT2D eigenvalue weighted by atomic mass is 9.83. The van der Waals surface area contributed by atoms with Gasteiger partial charge < -0.3 is 37.6 Å². The Morgan fingerprint density at radius 2 is 0.633 bits per heavy atom. The summed E-state index contributed by atoms with van der Waals surface area (Å²) in [5.41, 5.74) is -6.59. The molecule has 0 saturated carbocycles. The molecule has 2 heterocycles. The number of aromatic nitrogens is 2. The maximum absolute atomic E-state index is 14.3. The van der Waals surface area contributed by atoms with Gasteiger partial charge in [0, 0.05) is 24.2 Å². The SMILES string of the molecule is CCOC(=O)C(C(=O)OCC)(C(=O)OCC)c1ccc(C(=O)c2ccccc2)n1CCn1c(C(=O)c2ccccc2)ccc1C(C(=O)OCC)(C(=O)OCC)C(=O)OCC. The van der Waals surface area contributed by atoms with Crippen LogP contribution in [0.3, 0.4) is 0 Å². The number of benzene rings is 2. The first-order valence-corrected chi connectivity index (χ1v) is 19.5. The van der Waals surface area contributed by atoms with Crippen LogP contribution < -0.4 is 0 Å². The predicted octanol–water partition coefficient (Wildman–Crippen LogP) is 4.31. The van der Waals surface area contributed by atoms with Crippen molar-refractivity contribution in [1.29, 1.82) is 0 Å². The fraction of sp³-hybridized carbons (Fsp3) is 0.364. The zero-order valence-electron chi connectivity index (χ0n) is 34.3. The van der Waals surface area contributed by atoms with Crippen LogP contribution in [0.5, 0.6) is 0 Å². The molecule has 0 aliphatic heterocycles. The van der Waals surface area contributed by atoms with E-state index in [4.69, 9.17) is 28.4 Å².